The van der Waals surface area contributed by atoms with Crippen LogP contribution in [0.5, 0.6) is 5.75 Å². The van der Waals surface area contributed by atoms with E-state index in [-0.39, 0.29) is 18.6 Å². The van der Waals surface area contributed by atoms with Gasteiger partial charge in [-0.15, -0.1) is 13.2 Å². The summed E-state index contributed by atoms with van der Waals surface area (Å²) >= 11 is 0. The highest BCUT2D eigenvalue weighted by Crippen LogP contribution is 2.27. The Kier molecular flexibility index (Phi) is 5.90. The zero-order valence-electron chi connectivity index (χ0n) is 15.1. The number of aliphatic hydroxyl groups is 1. The number of piperidine rings is 1. The Morgan fingerprint density at radius 2 is 1.68 bits per heavy atom. The molecule has 2 aromatic rings. The quantitative estimate of drug-likeness (QED) is 0.814. The molecule has 150 valence electrons. The summed E-state index contributed by atoms with van der Waals surface area (Å²) in [7, 11) is 0. The van der Waals surface area contributed by atoms with E-state index in [1.54, 1.807) is 0 Å². The molecule has 0 spiro atoms. The maximum Gasteiger partial charge on any atom is 0.573 e. The summed E-state index contributed by atoms with van der Waals surface area (Å²) in [6.07, 6.45) is -4.21. The fraction of sp³-hybridized carbons (Fsp3) is 0.350. The zero-order chi connectivity index (χ0) is 20.2. The van der Waals surface area contributed by atoms with Gasteiger partial charge in [0, 0.05) is 25.3 Å². The summed E-state index contributed by atoms with van der Waals surface area (Å²) < 4.78 is 40.3. The van der Waals surface area contributed by atoms with Crippen molar-refractivity contribution in [2.45, 2.75) is 31.3 Å². The Labute approximate surface area is 160 Å². The van der Waals surface area contributed by atoms with Gasteiger partial charge in [0.2, 0.25) is 0 Å². The number of alkyl halides is 3. The first kappa shape index (κ1) is 20.2. The highest BCUT2D eigenvalue weighted by atomic mass is 19.4. The molecule has 1 aliphatic heterocycles. The zero-order valence-corrected chi connectivity index (χ0v) is 15.1. The Balaban J connectivity index is 1.53. The van der Waals surface area contributed by atoms with Crippen LogP contribution in [0.4, 0.5) is 18.9 Å². The number of ether oxygens (including phenoxy) is 1. The topological polar surface area (TPSA) is 61.8 Å². The lowest BCUT2D eigenvalue weighted by Gasteiger charge is -2.37. The number of nitrogens with one attached hydrogen (secondary N) is 1. The predicted molar refractivity (Wildman–Crippen MR) is 97.7 cm³/mol. The normalized spacial score (nSPS) is 17.1. The molecule has 2 aromatic carbocycles. The molecule has 1 heterocycles. The van der Waals surface area contributed by atoms with Crippen LogP contribution in [0.25, 0.3) is 0 Å². The molecule has 2 N–H and O–H groups in total. The third kappa shape index (κ3) is 5.46. The molecule has 5 nitrogen and oxygen atoms in total. The first-order chi connectivity index (χ1) is 13.2. The van der Waals surface area contributed by atoms with E-state index in [0.29, 0.717) is 18.8 Å². The molecular formula is C20H21F3N2O3. The maximum absolute atomic E-state index is 12.5. The number of amides is 1. The number of hydrogen-bond acceptors (Lipinski definition) is 4. The van der Waals surface area contributed by atoms with E-state index < -0.39 is 17.9 Å². The summed E-state index contributed by atoms with van der Waals surface area (Å²) in [6, 6.07) is 14.7. The standard InChI is InChI=1S/C20H21F3N2O3/c21-20(22,23)28-17-8-6-16(7-9-17)24-18(26)19(27)10-12-25(13-11-19)14-15-4-2-1-3-5-15/h1-9,27H,10-14H2,(H,24,26). The Hall–Kier alpha value is -2.58. The number of likely N-dealkylation sites (tertiary alicyclic amines) is 1. The molecule has 28 heavy (non-hydrogen) atoms. The lowest BCUT2D eigenvalue weighted by atomic mass is 9.90. The third-order valence-corrected chi connectivity index (χ3v) is 4.70. The van der Waals surface area contributed by atoms with Gasteiger partial charge in [0.25, 0.3) is 5.91 Å². The SMILES string of the molecule is O=C(Nc1ccc(OC(F)(F)F)cc1)C1(O)CCN(Cc2ccccc2)CC1. The summed E-state index contributed by atoms with van der Waals surface area (Å²) in [6.45, 7) is 1.88. The van der Waals surface area contributed by atoms with Crippen molar-refractivity contribution in [3.05, 3.63) is 60.2 Å². The molecule has 1 amide bonds. The van der Waals surface area contributed by atoms with Gasteiger partial charge >= 0.3 is 6.36 Å². The molecule has 1 fully saturated rings. The van der Waals surface area contributed by atoms with Gasteiger partial charge in [0.1, 0.15) is 11.4 Å². The smallest absolute Gasteiger partial charge is 0.406 e. The summed E-state index contributed by atoms with van der Waals surface area (Å²) in [5, 5.41) is 13.2. The number of nitrogens with zero attached hydrogens (tertiary/aromatic N) is 1. The molecule has 0 saturated carbocycles. The molecule has 8 heteroatoms. The van der Waals surface area contributed by atoms with Crippen molar-refractivity contribution in [2.75, 3.05) is 18.4 Å². The lowest BCUT2D eigenvalue weighted by Crippen LogP contribution is -2.51. The highest BCUT2D eigenvalue weighted by molar-refractivity contribution is 5.97. The molecule has 0 radical (unpaired) electrons. The van der Waals surface area contributed by atoms with Crippen LogP contribution in [0.3, 0.4) is 0 Å². The Morgan fingerprint density at radius 1 is 1.07 bits per heavy atom. The monoisotopic (exact) mass is 394 g/mol. The highest BCUT2D eigenvalue weighted by Gasteiger charge is 2.39. The number of carbonyl (C=O) groups excluding carboxylic acids is 1. The Bertz CT molecular complexity index is 787. The molecule has 0 aliphatic carbocycles. The van der Waals surface area contributed by atoms with Crippen LogP contribution in [0.15, 0.2) is 54.6 Å². The van der Waals surface area contributed by atoms with Gasteiger partial charge in [-0.1, -0.05) is 30.3 Å². The Morgan fingerprint density at radius 3 is 2.25 bits per heavy atom. The molecule has 0 bridgehead atoms. The van der Waals surface area contributed by atoms with Crippen LogP contribution >= 0.6 is 0 Å². The van der Waals surface area contributed by atoms with Crippen LogP contribution in [-0.2, 0) is 11.3 Å². The van der Waals surface area contributed by atoms with Crippen molar-refractivity contribution < 1.29 is 27.8 Å². The van der Waals surface area contributed by atoms with Gasteiger partial charge in [-0.3, -0.25) is 9.69 Å². The van der Waals surface area contributed by atoms with E-state index in [2.05, 4.69) is 15.0 Å². The predicted octanol–water partition coefficient (Wildman–Crippen LogP) is 3.55. The van der Waals surface area contributed by atoms with Crippen LogP contribution in [-0.4, -0.2) is 41.0 Å². The van der Waals surface area contributed by atoms with Gasteiger partial charge in [-0.25, -0.2) is 0 Å². The van der Waals surface area contributed by atoms with Gasteiger partial charge in [-0.2, -0.15) is 0 Å². The fourth-order valence-corrected chi connectivity index (χ4v) is 3.14. The van der Waals surface area contributed by atoms with E-state index in [0.717, 1.165) is 18.7 Å². The van der Waals surface area contributed by atoms with Crippen molar-refractivity contribution in [3.63, 3.8) is 0 Å². The van der Waals surface area contributed by atoms with E-state index in [1.807, 2.05) is 30.3 Å². The minimum Gasteiger partial charge on any atom is -0.406 e. The van der Waals surface area contributed by atoms with Crippen molar-refractivity contribution in [2.24, 2.45) is 0 Å². The average Bonchev–Trinajstić information content (AvgIpc) is 2.65. The van der Waals surface area contributed by atoms with Gasteiger partial charge < -0.3 is 15.2 Å². The van der Waals surface area contributed by atoms with Crippen LogP contribution in [0, 0.1) is 0 Å². The van der Waals surface area contributed by atoms with Crippen LogP contribution in [0.2, 0.25) is 0 Å². The van der Waals surface area contributed by atoms with Crippen LogP contribution in [0.1, 0.15) is 18.4 Å². The van der Waals surface area contributed by atoms with Gasteiger partial charge in [-0.05, 0) is 42.7 Å². The summed E-state index contributed by atoms with van der Waals surface area (Å²) in [4.78, 5) is 14.6. The number of hydrogen-bond donors (Lipinski definition) is 2. The molecule has 1 saturated heterocycles. The second kappa shape index (κ2) is 8.20. The fourth-order valence-electron chi connectivity index (χ4n) is 3.14. The molecule has 1 aliphatic rings. The first-order valence-electron chi connectivity index (χ1n) is 8.89. The average molecular weight is 394 g/mol. The van der Waals surface area contributed by atoms with Crippen molar-refractivity contribution in [1.82, 2.24) is 4.90 Å². The van der Waals surface area contributed by atoms with E-state index in [4.69, 9.17) is 0 Å². The number of benzene rings is 2. The summed E-state index contributed by atoms with van der Waals surface area (Å²) in [5.41, 5.74) is -0.0489. The largest absolute Gasteiger partial charge is 0.573 e. The second-order valence-electron chi connectivity index (χ2n) is 6.82. The van der Waals surface area contributed by atoms with Crippen molar-refractivity contribution in [3.8, 4) is 5.75 Å². The molecule has 0 unspecified atom stereocenters. The van der Waals surface area contributed by atoms with Gasteiger partial charge in [0.15, 0.2) is 0 Å². The minimum absolute atomic E-state index is 0.279. The number of anilines is 1. The number of rotatable bonds is 5. The summed E-state index contributed by atoms with van der Waals surface area (Å²) in [5.74, 6) is -0.935. The molecular weight excluding hydrogens is 373 g/mol. The molecule has 0 atom stereocenters. The maximum atomic E-state index is 12.5. The molecule has 0 aromatic heterocycles. The number of carbonyl (C=O) groups is 1. The van der Waals surface area contributed by atoms with Crippen molar-refractivity contribution >= 4 is 11.6 Å². The second-order valence-corrected chi connectivity index (χ2v) is 6.82. The van der Waals surface area contributed by atoms with E-state index >= 15 is 0 Å². The number of halogens is 3. The molecule has 3 rings (SSSR count). The third-order valence-electron chi connectivity index (χ3n) is 4.70. The minimum atomic E-state index is -4.77. The van der Waals surface area contributed by atoms with E-state index in [9.17, 15) is 23.1 Å². The van der Waals surface area contributed by atoms with Gasteiger partial charge in [0.05, 0.1) is 0 Å². The van der Waals surface area contributed by atoms with Crippen LogP contribution < -0.4 is 10.1 Å². The lowest BCUT2D eigenvalue weighted by molar-refractivity contribution is -0.274. The van der Waals surface area contributed by atoms with E-state index in [1.165, 1.54) is 17.7 Å². The first-order valence-corrected chi connectivity index (χ1v) is 8.89. The van der Waals surface area contributed by atoms with Crippen molar-refractivity contribution in [1.29, 1.82) is 0 Å².